The van der Waals surface area contributed by atoms with Gasteiger partial charge in [0.25, 0.3) is 0 Å². The van der Waals surface area contributed by atoms with Crippen LogP contribution in [-0.2, 0) is 4.79 Å². The van der Waals surface area contributed by atoms with Crippen LogP contribution in [0.4, 0.5) is 5.69 Å². The number of aldehydes is 1. The Morgan fingerprint density at radius 3 is 3.07 bits per heavy atom. The maximum absolute atomic E-state index is 10.6. The number of nitrogens with one attached hydrogen (secondary N) is 1. The number of nitrogens with zero attached hydrogens (tertiary/aromatic N) is 1. The summed E-state index contributed by atoms with van der Waals surface area (Å²) >= 11 is 0. The Hall–Kier alpha value is -2.30. The lowest BCUT2D eigenvalue weighted by atomic mass is 10.1. The van der Waals surface area contributed by atoms with Crippen LogP contribution >= 0.6 is 0 Å². The van der Waals surface area contributed by atoms with Gasteiger partial charge in [0.1, 0.15) is 17.9 Å². The van der Waals surface area contributed by atoms with Crippen LogP contribution in [-0.4, -0.2) is 16.5 Å². The van der Waals surface area contributed by atoms with Crippen molar-refractivity contribution in [3.8, 4) is 0 Å². The van der Waals surface area contributed by atoms with Gasteiger partial charge in [0.15, 0.2) is 0 Å². The number of rotatable bonds is 2. The quantitative estimate of drug-likeness (QED) is 0.288. The fraction of sp³-hybridized carbons (Fsp3) is 0. The minimum atomic E-state index is 0.319. The molecule has 76 valence electrons. The number of fused-ring (bicyclic) bond motifs is 1. The maximum atomic E-state index is 10.6. The molecule has 0 fully saturated rings. The highest BCUT2D eigenvalue weighted by molar-refractivity contribution is 6.13. The van der Waals surface area contributed by atoms with E-state index in [0.717, 1.165) is 4.73 Å². The Morgan fingerprint density at radius 1 is 1.67 bits per heavy atom. The van der Waals surface area contributed by atoms with Gasteiger partial charge in [0.2, 0.25) is 0 Å². The van der Waals surface area contributed by atoms with E-state index in [0.29, 0.717) is 34.1 Å². The van der Waals surface area contributed by atoms with Gasteiger partial charge in [-0.05, 0) is 0 Å². The molecule has 0 aliphatic carbocycles. The van der Waals surface area contributed by atoms with E-state index in [1.165, 1.54) is 6.20 Å². The summed E-state index contributed by atoms with van der Waals surface area (Å²) in [6, 6.07) is 1.55. The van der Waals surface area contributed by atoms with Crippen LogP contribution in [0, 0.1) is 0 Å². The maximum Gasteiger partial charge on any atom is 0.328 e. The van der Waals surface area contributed by atoms with Gasteiger partial charge in [-0.2, -0.15) is 0 Å². The first-order valence-electron chi connectivity index (χ1n) is 4.30. The highest BCUT2D eigenvalue weighted by Crippen LogP contribution is 2.25. The molecule has 5 heteroatoms. The smallest absolute Gasteiger partial charge is 0.328 e. The summed E-state index contributed by atoms with van der Waals surface area (Å²) in [5.41, 5.74) is 7.60. The zero-order valence-corrected chi connectivity index (χ0v) is 7.90. The standard InChI is InChI=1S/C10H9N3O2/c1-6(5-14)7-4-12-10-9(7)8(11)2-3-13(10)15/h2-5,15H,1H2,(H2,11,12)/p+1. The van der Waals surface area contributed by atoms with Crippen LogP contribution in [0.3, 0.4) is 0 Å². The van der Waals surface area contributed by atoms with Crippen LogP contribution in [0.1, 0.15) is 5.56 Å². The lowest BCUT2D eigenvalue weighted by Crippen LogP contribution is -2.30. The SMILES string of the molecule is C=C(C=O)c1c[nH]c2c1c(N)cc[n+]2O. The first kappa shape index (κ1) is 9.26. The predicted molar refractivity (Wildman–Crippen MR) is 55.2 cm³/mol. The number of nitrogens with two attached hydrogens (primary N) is 1. The summed E-state index contributed by atoms with van der Waals surface area (Å²) in [5, 5.41) is 10.1. The van der Waals surface area contributed by atoms with Crippen molar-refractivity contribution in [2.24, 2.45) is 0 Å². The Bertz CT molecular complexity index is 557. The van der Waals surface area contributed by atoms with Gasteiger partial charge in [-0.1, -0.05) is 11.3 Å². The number of nitrogen functional groups attached to an aromatic ring is 1. The van der Waals surface area contributed by atoms with E-state index in [1.807, 2.05) is 0 Å². The van der Waals surface area contributed by atoms with Crippen molar-refractivity contribution in [3.63, 3.8) is 0 Å². The molecule has 15 heavy (non-hydrogen) atoms. The Balaban J connectivity index is 2.84. The van der Waals surface area contributed by atoms with Gasteiger partial charge >= 0.3 is 5.65 Å². The second-order valence-corrected chi connectivity index (χ2v) is 3.18. The molecule has 2 heterocycles. The molecule has 0 saturated heterocycles. The molecule has 0 amide bonds. The molecule has 0 unspecified atom stereocenters. The van der Waals surface area contributed by atoms with E-state index in [9.17, 15) is 10.0 Å². The molecule has 0 aliphatic heterocycles. The Kier molecular flexibility index (Phi) is 1.93. The topological polar surface area (TPSA) is 83.0 Å². The molecule has 0 aliphatic rings. The third kappa shape index (κ3) is 1.25. The highest BCUT2D eigenvalue weighted by Gasteiger charge is 2.17. The normalized spacial score (nSPS) is 10.4. The number of pyridine rings is 1. The van der Waals surface area contributed by atoms with E-state index < -0.39 is 0 Å². The molecule has 4 N–H and O–H groups in total. The Morgan fingerprint density at radius 2 is 2.40 bits per heavy atom. The third-order valence-corrected chi connectivity index (χ3v) is 2.26. The number of H-pyrrole nitrogens is 1. The van der Waals surface area contributed by atoms with Crippen molar-refractivity contribution in [1.29, 1.82) is 0 Å². The molecule has 0 saturated carbocycles. The molecular weight excluding hydrogens is 194 g/mol. The minimum Gasteiger partial charge on any atom is -0.398 e. The minimum absolute atomic E-state index is 0.319. The van der Waals surface area contributed by atoms with Gasteiger partial charge < -0.3 is 10.9 Å². The van der Waals surface area contributed by atoms with Crippen molar-refractivity contribution in [3.05, 3.63) is 30.6 Å². The van der Waals surface area contributed by atoms with E-state index in [1.54, 1.807) is 12.3 Å². The first-order chi connectivity index (χ1) is 7.15. The van der Waals surface area contributed by atoms with E-state index >= 15 is 0 Å². The van der Waals surface area contributed by atoms with Crippen LogP contribution in [0.2, 0.25) is 0 Å². The van der Waals surface area contributed by atoms with Crippen molar-refractivity contribution >= 4 is 28.6 Å². The Labute approximate surface area is 85.4 Å². The number of aromatic nitrogens is 2. The number of hydrogen-bond acceptors (Lipinski definition) is 3. The average molecular weight is 204 g/mol. The molecule has 2 rings (SSSR count). The van der Waals surface area contributed by atoms with Crippen LogP contribution in [0.5, 0.6) is 0 Å². The number of carbonyl (C=O) groups excluding carboxylic acids is 1. The molecule has 0 bridgehead atoms. The van der Waals surface area contributed by atoms with Crippen molar-refractivity contribution in [1.82, 2.24) is 4.98 Å². The second-order valence-electron chi connectivity index (χ2n) is 3.18. The summed E-state index contributed by atoms with van der Waals surface area (Å²) in [6.07, 6.45) is 3.66. The molecule has 0 radical (unpaired) electrons. The average Bonchev–Trinajstić information content (AvgIpc) is 2.68. The van der Waals surface area contributed by atoms with Gasteiger partial charge in [0.05, 0.1) is 11.9 Å². The monoisotopic (exact) mass is 204 g/mol. The lowest BCUT2D eigenvalue weighted by Gasteiger charge is -1.97. The van der Waals surface area contributed by atoms with Gasteiger partial charge in [-0.15, -0.1) is 0 Å². The molecule has 2 aromatic heterocycles. The van der Waals surface area contributed by atoms with Crippen molar-refractivity contribution in [2.75, 3.05) is 5.73 Å². The van der Waals surface area contributed by atoms with Crippen molar-refractivity contribution < 1.29 is 14.7 Å². The molecule has 0 spiro atoms. The number of allylic oxidation sites excluding steroid dienone is 1. The summed E-state index contributed by atoms with van der Waals surface area (Å²) in [7, 11) is 0. The molecule has 2 aromatic rings. The molecule has 0 aromatic carbocycles. The summed E-state index contributed by atoms with van der Waals surface area (Å²) in [4.78, 5) is 13.4. The predicted octanol–water partition coefficient (Wildman–Crippen LogP) is 0.487. The number of hydrogen-bond donors (Lipinski definition) is 3. The number of carbonyl (C=O) groups is 1. The summed E-state index contributed by atoms with van der Waals surface area (Å²) < 4.78 is 0.910. The number of aromatic amines is 1. The summed E-state index contributed by atoms with van der Waals surface area (Å²) in [5.74, 6) is 0. The van der Waals surface area contributed by atoms with E-state index in [2.05, 4.69) is 11.6 Å². The van der Waals surface area contributed by atoms with Crippen LogP contribution in [0.25, 0.3) is 16.6 Å². The van der Waals surface area contributed by atoms with E-state index in [4.69, 9.17) is 5.73 Å². The molecule has 5 nitrogen and oxygen atoms in total. The third-order valence-electron chi connectivity index (χ3n) is 2.26. The zero-order valence-electron chi connectivity index (χ0n) is 7.90. The fourth-order valence-electron chi connectivity index (χ4n) is 1.51. The van der Waals surface area contributed by atoms with Gasteiger partial charge in [0, 0.05) is 17.2 Å². The molecular formula is C10H10N3O2+. The van der Waals surface area contributed by atoms with Crippen LogP contribution in [0.15, 0.2) is 25.0 Å². The second kappa shape index (κ2) is 3.13. The number of anilines is 1. The van der Waals surface area contributed by atoms with Gasteiger partial charge in [-0.25, -0.2) is 4.98 Å². The highest BCUT2D eigenvalue weighted by atomic mass is 16.5. The first-order valence-corrected chi connectivity index (χ1v) is 4.30. The van der Waals surface area contributed by atoms with Gasteiger partial charge in [-0.3, -0.25) is 4.79 Å². The van der Waals surface area contributed by atoms with E-state index in [-0.39, 0.29) is 0 Å². The van der Waals surface area contributed by atoms with Crippen LogP contribution < -0.4 is 10.5 Å². The molecule has 0 atom stereocenters. The largest absolute Gasteiger partial charge is 0.398 e. The van der Waals surface area contributed by atoms with Crippen molar-refractivity contribution in [2.45, 2.75) is 0 Å². The zero-order chi connectivity index (χ0) is 11.0. The summed E-state index contributed by atoms with van der Waals surface area (Å²) in [6.45, 7) is 3.60. The lowest BCUT2D eigenvalue weighted by molar-refractivity contribution is -0.885. The fourth-order valence-corrected chi connectivity index (χ4v) is 1.51.